The first-order valence-electron chi connectivity index (χ1n) is 15.6. The Bertz CT molecular complexity index is 2870. The molecule has 0 N–H and O–H groups in total. The van der Waals surface area contributed by atoms with Crippen molar-refractivity contribution in [2.45, 2.75) is 0 Å². The van der Waals surface area contributed by atoms with Gasteiger partial charge < -0.3 is 4.42 Å². The Morgan fingerprint density at radius 1 is 0.404 bits per heavy atom. The maximum absolute atomic E-state index is 6.14. The number of hydrogen-bond acceptors (Lipinski definition) is 5. The third-order valence-corrected chi connectivity index (χ3v) is 9.16. The van der Waals surface area contributed by atoms with E-state index in [1.54, 1.807) is 6.20 Å². The topological polar surface area (TPSA) is 64.7 Å². The predicted molar refractivity (Wildman–Crippen MR) is 191 cm³/mol. The van der Waals surface area contributed by atoms with Gasteiger partial charge in [-0.25, -0.2) is 19.9 Å². The minimum absolute atomic E-state index is 0.582. The molecule has 47 heavy (non-hydrogen) atoms. The van der Waals surface area contributed by atoms with Gasteiger partial charge in [0, 0.05) is 33.7 Å². The second-order valence-electron chi connectivity index (χ2n) is 11.9. The molecule has 10 rings (SSSR count). The number of hydrogen-bond donors (Lipinski definition) is 0. The fourth-order valence-electron chi connectivity index (χ4n) is 6.98. The molecule has 0 amide bonds. The summed E-state index contributed by atoms with van der Waals surface area (Å²) in [5, 5.41) is 11.3. The normalized spacial score (nSPS) is 11.8. The summed E-state index contributed by atoms with van der Waals surface area (Å²) in [5.74, 6) is 1.81. The number of benzene rings is 7. The minimum Gasteiger partial charge on any atom is -0.438 e. The average molecular weight is 601 g/mol. The zero-order chi connectivity index (χ0) is 30.9. The van der Waals surface area contributed by atoms with Crippen molar-refractivity contribution in [2.75, 3.05) is 0 Å². The van der Waals surface area contributed by atoms with Gasteiger partial charge in [0.2, 0.25) is 5.71 Å². The van der Waals surface area contributed by atoms with E-state index in [2.05, 4.69) is 120 Å². The number of rotatable bonds is 3. The molecule has 0 aliphatic carbocycles. The van der Waals surface area contributed by atoms with E-state index >= 15 is 0 Å². The molecule has 0 atom stereocenters. The summed E-state index contributed by atoms with van der Waals surface area (Å²) in [6, 6.07) is 48.4. The quantitative estimate of drug-likeness (QED) is 0.189. The van der Waals surface area contributed by atoms with Crippen LogP contribution in [0.1, 0.15) is 0 Å². The van der Waals surface area contributed by atoms with Crippen molar-refractivity contribution in [3.63, 3.8) is 0 Å². The van der Waals surface area contributed by atoms with Crippen LogP contribution in [0, 0.1) is 0 Å². The van der Waals surface area contributed by atoms with Crippen molar-refractivity contribution in [3.8, 4) is 34.2 Å². The number of pyridine rings is 1. The number of furan rings is 1. The summed E-state index contributed by atoms with van der Waals surface area (Å²) >= 11 is 0. The highest BCUT2D eigenvalue weighted by molar-refractivity contribution is 6.22. The van der Waals surface area contributed by atoms with Crippen LogP contribution in [0.5, 0.6) is 0 Å². The first-order chi connectivity index (χ1) is 23.3. The van der Waals surface area contributed by atoms with Gasteiger partial charge in [0.05, 0.1) is 0 Å². The van der Waals surface area contributed by atoms with Crippen molar-refractivity contribution in [2.24, 2.45) is 0 Å². The first-order valence-corrected chi connectivity index (χ1v) is 15.6. The molecule has 0 saturated heterocycles. The summed E-state index contributed by atoms with van der Waals surface area (Å²) in [6.07, 6.45) is 1.75. The van der Waals surface area contributed by atoms with Crippen LogP contribution in [0.3, 0.4) is 0 Å². The molecule has 3 aromatic heterocycles. The number of nitrogens with zero attached hydrogens (tertiary/aromatic N) is 4. The fraction of sp³-hybridized carbons (Fsp3) is 0. The van der Waals surface area contributed by atoms with Gasteiger partial charge in [0.15, 0.2) is 17.5 Å². The van der Waals surface area contributed by atoms with E-state index in [1.807, 2.05) is 24.3 Å². The molecule has 10 aromatic rings. The van der Waals surface area contributed by atoms with Gasteiger partial charge in [-0.3, -0.25) is 0 Å². The molecule has 0 aliphatic heterocycles. The lowest BCUT2D eigenvalue weighted by molar-refractivity contribution is 0.654. The van der Waals surface area contributed by atoms with Crippen molar-refractivity contribution < 1.29 is 4.42 Å². The van der Waals surface area contributed by atoms with E-state index in [1.165, 1.54) is 32.3 Å². The Hall–Kier alpha value is -6.46. The lowest BCUT2D eigenvalue weighted by Crippen LogP contribution is -2.01. The molecule has 0 aliphatic rings. The highest BCUT2D eigenvalue weighted by Gasteiger charge is 2.19. The van der Waals surface area contributed by atoms with Crippen molar-refractivity contribution in [3.05, 3.63) is 146 Å². The average Bonchev–Trinajstić information content (AvgIpc) is 3.53. The fourth-order valence-corrected chi connectivity index (χ4v) is 6.98. The van der Waals surface area contributed by atoms with Gasteiger partial charge in [-0.15, -0.1) is 0 Å². The van der Waals surface area contributed by atoms with Crippen LogP contribution in [0.15, 0.2) is 150 Å². The van der Waals surface area contributed by atoms with Gasteiger partial charge in [-0.1, -0.05) is 115 Å². The van der Waals surface area contributed by atoms with Crippen molar-refractivity contribution in [1.82, 2.24) is 19.9 Å². The van der Waals surface area contributed by atoms with E-state index in [9.17, 15) is 0 Å². The highest BCUT2D eigenvalue weighted by Crippen LogP contribution is 2.39. The molecule has 3 heterocycles. The standard InChI is InChI=1S/C42H24N4O/c1-2-10-28-24-29(20-17-25(28)8-1)39-44-40(46-41(45-39)34-14-6-16-36-38(34)35-15-7-23-43-42(35)47-36)33-13-5-12-32-31(33)22-21-27-19-18-26-9-3-4-11-30(26)37(27)32/h1-24H. The molecule has 0 spiro atoms. The second kappa shape index (κ2) is 10.0. The molecular formula is C42H24N4O. The molecule has 5 nitrogen and oxygen atoms in total. The van der Waals surface area contributed by atoms with Crippen molar-refractivity contribution >= 4 is 65.2 Å². The van der Waals surface area contributed by atoms with Gasteiger partial charge in [-0.05, 0) is 67.4 Å². The molecule has 0 bridgehead atoms. The predicted octanol–water partition coefficient (Wildman–Crippen LogP) is 10.8. The van der Waals surface area contributed by atoms with Gasteiger partial charge >= 0.3 is 0 Å². The van der Waals surface area contributed by atoms with E-state index in [0.29, 0.717) is 23.2 Å². The Kier molecular flexibility index (Phi) is 5.51. The smallest absolute Gasteiger partial charge is 0.227 e. The molecular weight excluding hydrogens is 576 g/mol. The van der Waals surface area contributed by atoms with E-state index in [-0.39, 0.29) is 0 Å². The molecule has 0 saturated carbocycles. The Balaban J connectivity index is 1.28. The number of fused-ring (bicyclic) bond motifs is 9. The maximum atomic E-state index is 6.14. The molecule has 0 radical (unpaired) electrons. The minimum atomic E-state index is 0.582. The van der Waals surface area contributed by atoms with Crippen LogP contribution in [0.2, 0.25) is 0 Å². The third kappa shape index (κ3) is 4.03. The number of aromatic nitrogens is 4. The molecule has 0 fully saturated rings. The molecule has 7 aromatic carbocycles. The van der Waals surface area contributed by atoms with Crippen LogP contribution >= 0.6 is 0 Å². The monoisotopic (exact) mass is 600 g/mol. The van der Waals surface area contributed by atoms with Gasteiger partial charge in [0.1, 0.15) is 5.58 Å². The van der Waals surface area contributed by atoms with E-state index in [4.69, 9.17) is 19.4 Å². The Morgan fingerprint density at radius 3 is 2.02 bits per heavy atom. The molecule has 5 heteroatoms. The van der Waals surface area contributed by atoms with E-state index in [0.717, 1.165) is 43.8 Å². The second-order valence-corrected chi connectivity index (χ2v) is 11.9. The van der Waals surface area contributed by atoms with Gasteiger partial charge in [-0.2, -0.15) is 0 Å². The summed E-state index contributed by atoms with van der Waals surface area (Å²) in [6.45, 7) is 0. The summed E-state index contributed by atoms with van der Waals surface area (Å²) < 4.78 is 6.14. The summed E-state index contributed by atoms with van der Waals surface area (Å²) in [4.78, 5) is 20.0. The Morgan fingerprint density at radius 2 is 1.09 bits per heavy atom. The Labute approximate surface area is 268 Å². The van der Waals surface area contributed by atoms with Gasteiger partial charge in [0.25, 0.3) is 0 Å². The maximum Gasteiger partial charge on any atom is 0.227 e. The summed E-state index contributed by atoms with van der Waals surface area (Å²) in [5.41, 5.74) is 4.09. The SMILES string of the molecule is c1ccc2cc(-c3nc(-c4cccc5c4ccc4ccc6ccccc6c45)nc(-c4cccc5oc6ncccc6c45)n3)ccc2c1. The van der Waals surface area contributed by atoms with Crippen LogP contribution in [0.4, 0.5) is 0 Å². The van der Waals surface area contributed by atoms with Crippen LogP contribution < -0.4 is 0 Å². The largest absolute Gasteiger partial charge is 0.438 e. The third-order valence-electron chi connectivity index (χ3n) is 9.16. The van der Waals surface area contributed by atoms with Crippen LogP contribution in [-0.2, 0) is 0 Å². The van der Waals surface area contributed by atoms with E-state index < -0.39 is 0 Å². The highest BCUT2D eigenvalue weighted by atomic mass is 16.3. The van der Waals surface area contributed by atoms with Crippen molar-refractivity contribution in [1.29, 1.82) is 0 Å². The molecule has 0 unspecified atom stereocenters. The zero-order valence-electron chi connectivity index (χ0n) is 25.1. The zero-order valence-corrected chi connectivity index (χ0v) is 25.1. The molecule has 218 valence electrons. The summed E-state index contributed by atoms with van der Waals surface area (Å²) in [7, 11) is 0. The lowest BCUT2D eigenvalue weighted by atomic mass is 9.94. The first kappa shape index (κ1) is 25.8. The van der Waals surface area contributed by atoms with Crippen LogP contribution in [0.25, 0.3) is 99.3 Å². The van der Waals surface area contributed by atoms with Crippen LogP contribution in [-0.4, -0.2) is 19.9 Å². The lowest BCUT2D eigenvalue weighted by Gasteiger charge is -2.13.